The SMILES string of the molecule is C1=CC=CNC=C1.c1ccc2ncccc2c1. The summed E-state index contributed by atoms with van der Waals surface area (Å²) in [7, 11) is 0. The van der Waals surface area contributed by atoms with Gasteiger partial charge in [0.05, 0.1) is 5.52 Å². The van der Waals surface area contributed by atoms with Crippen LogP contribution >= 0.6 is 0 Å². The standard InChI is InChI=1S/C9H7N.C6H7N/c1-2-6-9-8(4-1)5-3-7-10-9;1-2-4-6-7-5-3-1/h1-7H;1-7H. The molecule has 1 aliphatic rings. The molecule has 0 spiro atoms. The lowest BCUT2D eigenvalue weighted by Crippen LogP contribution is -1.87. The van der Waals surface area contributed by atoms with Crippen LogP contribution in [0.1, 0.15) is 0 Å². The summed E-state index contributed by atoms with van der Waals surface area (Å²) < 4.78 is 0. The summed E-state index contributed by atoms with van der Waals surface area (Å²) in [5.41, 5.74) is 1.06. The van der Waals surface area contributed by atoms with Crippen molar-refractivity contribution in [3.63, 3.8) is 0 Å². The zero-order chi connectivity index (χ0) is 11.8. The number of para-hydroxylation sites is 1. The van der Waals surface area contributed by atoms with E-state index < -0.39 is 0 Å². The van der Waals surface area contributed by atoms with Crippen LogP contribution in [0.5, 0.6) is 0 Å². The van der Waals surface area contributed by atoms with Gasteiger partial charge in [-0.3, -0.25) is 4.98 Å². The minimum atomic E-state index is 1.06. The van der Waals surface area contributed by atoms with Gasteiger partial charge in [-0.2, -0.15) is 0 Å². The fourth-order valence-electron chi connectivity index (χ4n) is 1.42. The molecule has 3 rings (SSSR count). The van der Waals surface area contributed by atoms with E-state index in [9.17, 15) is 0 Å². The first-order valence-corrected chi connectivity index (χ1v) is 5.51. The molecule has 2 heteroatoms. The number of hydrogen-bond donors (Lipinski definition) is 1. The highest BCUT2D eigenvalue weighted by Crippen LogP contribution is 2.07. The fraction of sp³-hybridized carbons (Fsp3) is 0. The van der Waals surface area contributed by atoms with Gasteiger partial charge < -0.3 is 5.32 Å². The highest BCUT2D eigenvalue weighted by atomic mass is 14.8. The van der Waals surface area contributed by atoms with Gasteiger partial charge in [-0.1, -0.05) is 36.4 Å². The smallest absolute Gasteiger partial charge is 0.0701 e. The first-order chi connectivity index (χ1) is 8.47. The normalized spacial score (nSPS) is 12.5. The Morgan fingerprint density at radius 1 is 0.765 bits per heavy atom. The Morgan fingerprint density at radius 2 is 1.47 bits per heavy atom. The van der Waals surface area contributed by atoms with Crippen LogP contribution in [0.25, 0.3) is 10.9 Å². The lowest BCUT2D eigenvalue weighted by Gasteiger charge is -1.91. The van der Waals surface area contributed by atoms with Gasteiger partial charge in [0.25, 0.3) is 0 Å². The maximum absolute atomic E-state index is 4.18. The van der Waals surface area contributed by atoms with Crippen molar-refractivity contribution in [3.8, 4) is 0 Å². The molecule has 1 aromatic carbocycles. The summed E-state index contributed by atoms with van der Waals surface area (Å²) in [6, 6.07) is 12.1. The third-order valence-corrected chi connectivity index (χ3v) is 2.23. The van der Waals surface area contributed by atoms with Gasteiger partial charge in [-0.25, -0.2) is 0 Å². The monoisotopic (exact) mass is 222 g/mol. The van der Waals surface area contributed by atoms with E-state index in [-0.39, 0.29) is 0 Å². The number of nitrogens with one attached hydrogen (secondary N) is 1. The van der Waals surface area contributed by atoms with E-state index in [1.807, 2.05) is 67.2 Å². The van der Waals surface area contributed by atoms with Crippen LogP contribution in [-0.2, 0) is 0 Å². The first kappa shape index (κ1) is 11.1. The van der Waals surface area contributed by atoms with Crippen molar-refractivity contribution in [1.29, 1.82) is 0 Å². The van der Waals surface area contributed by atoms with E-state index in [1.54, 1.807) is 0 Å². The molecular weight excluding hydrogens is 208 g/mol. The predicted molar refractivity (Wildman–Crippen MR) is 72.3 cm³/mol. The van der Waals surface area contributed by atoms with Gasteiger partial charge >= 0.3 is 0 Å². The largest absolute Gasteiger partial charge is 0.368 e. The lowest BCUT2D eigenvalue weighted by atomic mass is 10.2. The van der Waals surface area contributed by atoms with Crippen LogP contribution in [-0.4, -0.2) is 4.98 Å². The summed E-state index contributed by atoms with van der Waals surface area (Å²) in [5.74, 6) is 0. The Hall–Kier alpha value is -2.35. The van der Waals surface area contributed by atoms with Crippen LogP contribution in [0, 0.1) is 0 Å². The number of nitrogens with zero attached hydrogens (tertiary/aromatic N) is 1. The molecule has 1 N–H and O–H groups in total. The minimum Gasteiger partial charge on any atom is -0.368 e. The highest BCUT2D eigenvalue weighted by Gasteiger charge is 1.86. The average molecular weight is 222 g/mol. The molecule has 0 fully saturated rings. The maximum Gasteiger partial charge on any atom is 0.0701 e. The van der Waals surface area contributed by atoms with Crippen LogP contribution in [0.3, 0.4) is 0 Å². The molecular formula is C15H14N2. The Labute approximate surface area is 101 Å². The highest BCUT2D eigenvalue weighted by molar-refractivity contribution is 5.77. The van der Waals surface area contributed by atoms with Crippen LogP contribution in [0.15, 0.2) is 79.3 Å². The van der Waals surface area contributed by atoms with E-state index in [4.69, 9.17) is 0 Å². The molecule has 1 aliphatic heterocycles. The zero-order valence-corrected chi connectivity index (χ0v) is 9.45. The molecule has 2 nitrogen and oxygen atoms in total. The Morgan fingerprint density at radius 3 is 2.24 bits per heavy atom. The molecule has 0 saturated carbocycles. The number of aromatic nitrogens is 1. The second kappa shape index (κ2) is 6.28. The third-order valence-electron chi connectivity index (χ3n) is 2.23. The van der Waals surface area contributed by atoms with E-state index in [0.29, 0.717) is 0 Å². The predicted octanol–water partition coefficient (Wildman–Crippen LogP) is 3.41. The Kier molecular flexibility index (Phi) is 4.12. The summed E-state index contributed by atoms with van der Waals surface area (Å²) in [5, 5.41) is 4.12. The molecule has 0 unspecified atom stereocenters. The average Bonchev–Trinajstić information content (AvgIpc) is 2.72. The van der Waals surface area contributed by atoms with Crippen molar-refractivity contribution < 1.29 is 0 Å². The van der Waals surface area contributed by atoms with E-state index in [0.717, 1.165) is 5.52 Å². The van der Waals surface area contributed by atoms with E-state index in [1.165, 1.54) is 5.39 Å². The number of fused-ring (bicyclic) bond motifs is 1. The maximum atomic E-state index is 4.18. The van der Waals surface area contributed by atoms with Crippen LogP contribution in [0.4, 0.5) is 0 Å². The Balaban J connectivity index is 0.000000136. The summed E-state index contributed by atoms with van der Waals surface area (Å²) >= 11 is 0. The molecule has 0 saturated heterocycles. The number of rotatable bonds is 0. The lowest BCUT2D eigenvalue weighted by molar-refractivity contribution is 1.20. The number of pyridine rings is 1. The first-order valence-electron chi connectivity index (χ1n) is 5.51. The minimum absolute atomic E-state index is 1.06. The molecule has 2 heterocycles. The molecule has 0 amide bonds. The van der Waals surface area contributed by atoms with Crippen molar-refractivity contribution >= 4 is 10.9 Å². The van der Waals surface area contributed by atoms with Crippen molar-refractivity contribution in [2.75, 3.05) is 0 Å². The molecule has 1 aromatic heterocycles. The van der Waals surface area contributed by atoms with Gasteiger partial charge in [0.15, 0.2) is 0 Å². The number of hydrogen-bond acceptors (Lipinski definition) is 2. The molecule has 0 aliphatic carbocycles. The molecule has 0 radical (unpaired) electrons. The van der Waals surface area contributed by atoms with Gasteiger partial charge in [-0.15, -0.1) is 0 Å². The van der Waals surface area contributed by atoms with Gasteiger partial charge in [-0.05, 0) is 24.3 Å². The van der Waals surface area contributed by atoms with Crippen molar-refractivity contribution in [3.05, 3.63) is 79.3 Å². The zero-order valence-electron chi connectivity index (χ0n) is 9.45. The second-order valence-corrected chi connectivity index (χ2v) is 3.47. The third kappa shape index (κ3) is 3.61. The van der Waals surface area contributed by atoms with Gasteiger partial charge in [0.2, 0.25) is 0 Å². The molecule has 84 valence electrons. The van der Waals surface area contributed by atoms with Crippen molar-refractivity contribution in [1.82, 2.24) is 10.3 Å². The molecule has 0 atom stereocenters. The van der Waals surface area contributed by atoms with Crippen LogP contribution < -0.4 is 5.32 Å². The summed E-state index contributed by atoms with van der Waals surface area (Å²) in [6.45, 7) is 0. The number of allylic oxidation sites excluding steroid dienone is 4. The summed E-state index contributed by atoms with van der Waals surface area (Å²) in [4.78, 5) is 4.18. The second-order valence-electron chi connectivity index (χ2n) is 3.47. The van der Waals surface area contributed by atoms with Gasteiger partial charge in [0.1, 0.15) is 0 Å². The van der Waals surface area contributed by atoms with E-state index in [2.05, 4.69) is 22.4 Å². The van der Waals surface area contributed by atoms with Crippen molar-refractivity contribution in [2.24, 2.45) is 0 Å². The topological polar surface area (TPSA) is 24.9 Å². The van der Waals surface area contributed by atoms with Gasteiger partial charge in [0, 0.05) is 24.0 Å². The van der Waals surface area contributed by atoms with Crippen molar-refractivity contribution in [2.45, 2.75) is 0 Å². The summed E-state index contributed by atoms with van der Waals surface area (Å²) in [6.07, 6.45) is 13.4. The quantitative estimate of drug-likeness (QED) is 0.739. The molecule has 17 heavy (non-hydrogen) atoms. The van der Waals surface area contributed by atoms with E-state index >= 15 is 0 Å². The fourth-order valence-corrected chi connectivity index (χ4v) is 1.42. The Bertz CT molecular complexity index is 474. The molecule has 2 aromatic rings. The van der Waals surface area contributed by atoms with Crippen LogP contribution in [0.2, 0.25) is 0 Å². The molecule has 0 bridgehead atoms. The number of benzene rings is 1.